The number of benzene rings is 1. The van der Waals surface area contributed by atoms with E-state index in [0.29, 0.717) is 10.2 Å². The molecule has 1 fully saturated rings. The number of anilines is 1. The summed E-state index contributed by atoms with van der Waals surface area (Å²) in [6, 6.07) is 7.21. The third kappa shape index (κ3) is 2.19. The lowest BCUT2D eigenvalue weighted by Crippen LogP contribution is -2.23. The molecular weight excluding hydrogens is 271 g/mol. The molecule has 2 atom stereocenters. The highest BCUT2D eigenvalue weighted by Crippen LogP contribution is 2.32. The van der Waals surface area contributed by atoms with Gasteiger partial charge in [0.05, 0.1) is 17.7 Å². The standard InChI is InChI=1S/C12H12BrFN2/c13-9-4-2-5-10(14)12(9)16-11-6-1-3-8(11)7-15/h2,4-5,8,11,16H,1,3,6H2. The summed E-state index contributed by atoms with van der Waals surface area (Å²) in [7, 11) is 0. The highest BCUT2D eigenvalue weighted by molar-refractivity contribution is 9.10. The zero-order chi connectivity index (χ0) is 11.5. The minimum absolute atomic E-state index is 0.00786. The molecule has 84 valence electrons. The van der Waals surface area contributed by atoms with E-state index in [0.717, 1.165) is 19.3 Å². The quantitative estimate of drug-likeness (QED) is 0.898. The lowest BCUT2D eigenvalue weighted by Gasteiger charge is -2.18. The van der Waals surface area contributed by atoms with Crippen molar-refractivity contribution in [2.75, 3.05) is 5.32 Å². The molecule has 2 rings (SSSR count). The van der Waals surface area contributed by atoms with Crippen molar-refractivity contribution in [2.24, 2.45) is 5.92 Å². The van der Waals surface area contributed by atoms with Gasteiger partial charge in [-0.1, -0.05) is 6.07 Å². The molecule has 0 radical (unpaired) electrons. The third-order valence-corrected chi connectivity index (χ3v) is 3.64. The van der Waals surface area contributed by atoms with Crippen LogP contribution < -0.4 is 5.32 Å². The maximum Gasteiger partial charge on any atom is 0.147 e. The molecule has 0 aromatic heterocycles. The molecule has 0 amide bonds. The molecule has 1 aromatic rings. The Hall–Kier alpha value is -1.08. The van der Waals surface area contributed by atoms with Crippen LogP contribution in [0.15, 0.2) is 22.7 Å². The van der Waals surface area contributed by atoms with Crippen LogP contribution in [0.3, 0.4) is 0 Å². The van der Waals surface area contributed by atoms with Crippen molar-refractivity contribution in [1.82, 2.24) is 0 Å². The average molecular weight is 283 g/mol. The predicted molar refractivity (Wildman–Crippen MR) is 64.5 cm³/mol. The molecule has 16 heavy (non-hydrogen) atoms. The van der Waals surface area contributed by atoms with Crippen LogP contribution in [0.1, 0.15) is 19.3 Å². The molecule has 0 aliphatic heterocycles. The molecule has 1 saturated carbocycles. The monoisotopic (exact) mass is 282 g/mol. The van der Waals surface area contributed by atoms with Gasteiger partial charge < -0.3 is 5.32 Å². The summed E-state index contributed by atoms with van der Waals surface area (Å²) >= 11 is 3.31. The molecule has 0 saturated heterocycles. The molecule has 1 aliphatic rings. The van der Waals surface area contributed by atoms with Crippen molar-refractivity contribution in [2.45, 2.75) is 25.3 Å². The fourth-order valence-corrected chi connectivity index (χ4v) is 2.56. The number of nitriles is 1. The smallest absolute Gasteiger partial charge is 0.147 e. The van der Waals surface area contributed by atoms with Crippen molar-refractivity contribution in [3.63, 3.8) is 0 Å². The van der Waals surface area contributed by atoms with Crippen LogP contribution in [-0.4, -0.2) is 6.04 Å². The molecular formula is C12H12BrFN2. The molecule has 0 bridgehead atoms. The predicted octanol–water partition coefficient (Wildman–Crippen LogP) is 3.69. The average Bonchev–Trinajstić information content (AvgIpc) is 2.71. The third-order valence-electron chi connectivity index (χ3n) is 2.97. The number of nitrogens with zero attached hydrogens (tertiary/aromatic N) is 1. The molecule has 2 unspecified atom stereocenters. The normalized spacial score (nSPS) is 24.1. The lowest BCUT2D eigenvalue weighted by molar-refractivity contribution is 0.602. The largest absolute Gasteiger partial charge is 0.378 e. The number of hydrogen-bond donors (Lipinski definition) is 1. The van der Waals surface area contributed by atoms with E-state index >= 15 is 0 Å². The van der Waals surface area contributed by atoms with E-state index in [-0.39, 0.29) is 17.8 Å². The summed E-state index contributed by atoms with van der Waals surface area (Å²) < 4.78 is 14.3. The van der Waals surface area contributed by atoms with Crippen molar-refractivity contribution < 1.29 is 4.39 Å². The van der Waals surface area contributed by atoms with E-state index in [1.165, 1.54) is 6.07 Å². The van der Waals surface area contributed by atoms with Crippen LogP contribution in [0.5, 0.6) is 0 Å². The van der Waals surface area contributed by atoms with Gasteiger partial charge in [-0.05, 0) is 47.3 Å². The summed E-state index contributed by atoms with van der Waals surface area (Å²) in [5.41, 5.74) is 0.467. The Morgan fingerprint density at radius 1 is 1.44 bits per heavy atom. The van der Waals surface area contributed by atoms with Crippen LogP contribution in [0.4, 0.5) is 10.1 Å². The first kappa shape index (κ1) is 11.4. The van der Waals surface area contributed by atoms with Gasteiger partial charge in [0.2, 0.25) is 0 Å². The van der Waals surface area contributed by atoms with Gasteiger partial charge in [0.25, 0.3) is 0 Å². The summed E-state index contributed by atoms with van der Waals surface area (Å²) in [4.78, 5) is 0. The number of halogens is 2. The fraction of sp³-hybridized carbons (Fsp3) is 0.417. The van der Waals surface area contributed by atoms with Gasteiger partial charge in [-0.2, -0.15) is 5.26 Å². The van der Waals surface area contributed by atoms with Gasteiger partial charge in [-0.15, -0.1) is 0 Å². The number of para-hydroxylation sites is 1. The molecule has 2 nitrogen and oxygen atoms in total. The van der Waals surface area contributed by atoms with Crippen molar-refractivity contribution in [3.8, 4) is 6.07 Å². The first-order valence-electron chi connectivity index (χ1n) is 5.32. The highest BCUT2D eigenvalue weighted by Gasteiger charge is 2.27. The second kappa shape index (κ2) is 4.84. The Labute approximate surface area is 103 Å². The Kier molecular flexibility index (Phi) is 3.45. The SMILES string of the molecule is N#CC1CCCC1Nc1c(F)cccc1Br. The van der Waals surface area contributed by atoms with Gasteiger partial charge in [-0.25, -0.2) is 4.39 Å². The van der Waals surface area contributed by atoms with Gasteiger partial charge in [0, 0.05) is 10.5 Å². The van der Waals surface area contributed by atoms with Crippen LogP contribution in [0.25, 0.3) is 0 Å². The number of hydrogen-bond acceptors (Lipinski definition) is 2. The second-order valence-corrected chi connectivity index (χ2v) is 4.87. The maximum atomic E-state index is 13.6. The van der Waals surface area contributed by atoms with E-state index in [1.807, 2.05) is 0 Å². The van der Waals surface area contributed by atoms with Crippen LogP contribution in [-0.2, 0) is 0 Å². The first-order chi connectivity index (χ1) is 7.72. The number of nitrogens with one attached hydrogen (secondary N) is 1. The minimum atomic E-state index is -0.280. The van der Waals surface area contributed by atoms with Crippen molar-refractivity contribution in [1.29, 1.82) is 5.26 Å². The van der Waals surface area contributed by atoms with E-state index in [9.17, 15) is 4.39 Å². The van der Waals surface area contributed by atoms with Crippen LogP contribution >= 0.6 is 15.9 Å². The number of rotatable bonds is 2. The van der Waals surface area contributed by atoms with Gasteiger partial charge >= 0.3 is 0 Å². The van der Waals surface area contributed by atoms with E-state index in [2.05, 4.69) is 27.3 Å². The zero-order valence-corrected chi connectivity index (χ0v) is 10.3. The van der Waals surface area contributed by atoms with Gasteiger partial charge in [-0.3, -0.25) is 0 Å². The highest BCUT2D eigenvalue weighted by atomic mass is 79.9. The molecule has 0 spiro atoms. The summed E-state index contributed by atoms with van der Waals surface area (Å²) in [5, 5.41) is 12.1. The molecule has 1 aliphatic carbocycles. The Morgan fingerprint density at radius 3 is 2.94 bits per heavy atom. The van der Waals surface area contributed by atoms with E-state index < -0.39 is 0 Å². The minimum Gasteiger partial charge on any atom is -0.378 e. The van der Waals surface area contributed by atoms with E-state index in [1.54, 1.807) is 12.1 Å². The van der Waals surface area contributed by atoms with Gasteiger partial charge in [0.15, 0.2) is 0 Å². The molecule has 1 N–H and O–H groups in total. The van der Waals surface area contributed by atoms with Crippen molar-refractivity contribution >= 4 is 21.6 Å². The zero-order valence-electron chi connectivity index (χ0n) is 8.71. The van der Waals surface area contributed by atoms with Gasteiger partial charge in [0.1, 0.15) is 5.82 Å². The lowest BCUT2D eigenvalue weighted by atomic mass is 10.1. The van der Waals surface area contributed by atoms with Crippen molar-refractivity contribution in [3.05, 3.63) is 28.5 Å². The van der Waals surface area contributed by atoms with E-state index in [4.69, 9.17) is 5.26 Å². The fourth-order valence-electron chi connectivity index (χ4n) is 2.11. The van der Waals surface area contributed by atoms with Crippen LogP contribution in [0.2, 0.25) is 0 Å². The molecule has 1 aromatic carbocycles. The summed E-state index contributed by atoms with van der Waals surface area (Å²) in [6.07, 6.45) is 2.86. The summed E-state index contributed by atoms with van der Waals surface area (Å²) in [6.45, 7) is 0. The maximum absolute atomic E-state index is 13.6. The molecule has 0 heterocycles. The topological polar surface area (TPSA) is 35.8 Å². The Morgan fingerprint density at radius 2 is 2.25 bits per heavy atom. The molecule has 4 heteroatoms. The Balaban J connectivity index is 2.18. The Bertz CT molecular complexity index is 407. The summed E-state index contributed by atoms with van der Waals surface area (Å²) in [5.74, 6) is -0.288. The first-order valence-corrected chi connectivity index (χ1v) is 6.12. The second-order valence-electron chi connectivity index (χ2n) is 4.01. The van der Waals surface area contributed by atoms with Crippen LogP contribution in [0, 0.1) is 23.1 Å².